The topological polar surface area (TPSA) is 75.6 Å². The van der Waals surface area contributed by atoms with E-state index in [2.05, 4.69) is 5.32 Å². The van der Waals surface area contributed by atoms with Crippen LogP contribution in [0, 0.1) is 5.41 Å². The number of carboxylic acids is 1. The van der Waals surface area contributed by atoms with Crippen LogP contribution in [0.3, 0.4) is 0 Å². The maximum absolute atomic E-state index is 11.4. The van der Waals surface area contributed by atoms with Crippen molar-refractivity contribution in [3.05, 3.63) is 0 Å². The first-order valence-electron chi connectivity index (χ1n) is 5.51. The molecular formula is C11H17NO4. The molecule has 2 unspecified atom stereocenters. The summed E-state index contributed by atoms with van der Waals surface area (Å²) in [6, 6.07) is -0.761. The molecule has 0 radical (unpaired) electrons. The van der Waals surface area contributed by atoms with Crippen molar-refractivity contribution in [3.63, 3.8) is 0 Å². The van der Waals surface area contributed by atoms with Crippen LogP contribution < -0.4 is 5.32 Å². The fourth-order valence-electron chi connectivity index (χ4n) is 3.03. The van der Waals surface area contributed by atoms with Crippen molar-refractivity contribution in [3.8, 4) is 0 Å². The molecule has 2 rings (SSSR count). The summed E-state index contributed by atoms with van der Waals surface area (Å²) in [6.45, 7) is 4.40. The van der Waals surface area contributed by atoms with Gasteiger partial charge in [0.05, 0.1) is 5.60 Å². The largest absolute Gasteiger partial charge is 0.480 e. The molecule has 2 fully saturated rings. The van der Waals surface area contributed by atoms with Crippen molar-refractivity contribution in [1.82, 2.24) is 5.32 Å². The molecule has 2 heterocycles. The third-order valence-corrected chi connectivity index (χ3v) is 3.55. The van der Waals surface area contributed by atoms with Crippen molar-refractivity contribution < 1.29 is 19.4 Å². The normalized spacial score (nSPS) is 37.4. The summed E-state index contributed by atoms with van der Waals surface area (Å²) in [7, 11) is 0. The zero-order valence-corrected chi connectivity index (χ0v) is 9.58. The molecule has 16 heavy (non-hydrogen) atoms. The number of carbonyl (C=O) groups is 2. The summed E-state index contributed by atoms with van der Waals surface area (Å²) in [5.41, 5.74) is -0.817. The molecule has 1 spiro atoms. The van der Waals surface area contributed by atoms with E-state index in [1.165, 1.54) is 0 Å². The lowest BCUT2D eigenvalue weighted by atomic mass is 9.69. The smallest absolute Gasteiger partial charge is 0.326 e. The number of hydrogen-bond donors (Lipinski definition) is 2. The van der Waals surface area contributed by atoms with Gasteiger partial charge in [-0.25, -0.2) is 4.79 Å². The van der Waals surface area contributed by atoms with E-state index in [9.17, 15) is 9.59 Å². The standard InChI is InChI=1S/C11H17NO4/c1-10(2)6-11(3-4-16-10)5-7(13)12-8(11)9(14)15/h8H,3-6H2,1-2H3,(H,12,13)(H,14,15). The highest BCUT2D eigenvalue weighted by molar-refractivity contribution is 5.89. The Kier molecular flexibility index (Phi) is 2.45. The van der Waals surface area contributed by atoms with E-state index in [-0.39, 0.29) is 11.5 Å². The minimum absolute atomic E-state index is 0.162. The Labute approximate surface area is 94.2 Å². The highest BCUT2D eigenvalue weighted by atomic mass is 16.5. The molecule has 5 heteroatoms. The second kappa shape index (κ2) is 3.45. The number of amides is 1. The van der Waals surface area contributed by atoms with Gasteiger partial charge in [-0.15, -0.1) is 0 Å². The molecule has 0 aliphatic carbocycles. The predicted molar refractivity (Wildman–Crippen MR) is 55.9 cm³/mol. The Balaban J connectivity index is 2.28. The second-order valence-electron chi connectivity index (χ2n) is 5.41. The fourth-order valence-corrected chi connectivity index (χ4v) is 3.03. The highest BCUT2D eigenvalue weighted by Crippen LogP contribution is 2.46. The number of carboxylic acid groups (broad SMARTS) is 1. The van der Waals surface area contributed by atoms with Gasteiger partial charge in [0.15, 0.2) is 0 Å². The average molecular weight is 227 g/mol. The third-order valence-electron chi connectivity index (χ3n) is 3.55. The van der Waals surface area contributed by atoms with E-state index < -0.39 is 17.4 Å². The molecule has 0 aromatic carbocycles. The SMILES string of the molecule is CC1(C)CC2(CCO1)CC(=O)NC2C(=O)O. The van der Waals surface area contributed by atoms with Crippen LogP contribution in [-0.2, 0) is 14.3 Å². The Morgan fingerprint density at radius 2 is 2.25 bits per heavy atom. The molecule has 0 aromatic rings. The second-order valence-corrected chi connectivity index (χ2v) is 5.41. The number of hydrogen-bond acceptors (Lipinski definition) is 3. The van der Waals surface area contributed by atoms with Crippen LogP contribution in [0.15, 0.2) is 0 Å². The molecule has 5 nitrogen and oxygen atoms in total. The zero-order chi connectivity index (χ0) is 12.0. The summed E-state index contributed by atoms with van der Waals surface area (Å²) in [6.07, 6.45) is 1.54. The number of nitrogens with one attached hydrogen (secondary N) is 1. The molecular weight excluding hydrogens is 210 g/mol. The first-order chi connectivity index (χ1) is 7.35. The van der Waals surface area contributed by atoms with Gasteiger partial charge in [0.2, 0.25) is 5.91 Å². The van der Waals surface area contributed by atoms with E-state index in [1.807, 2.05) is 13.8 Å². The van der Waals surface area contributed by atoms with Crippen molar-refractivity contribution in [1.29, 1.82) is 0 Å². The average Bonchev–Trinajstić information content (AvgIpc) is 2.40. The van der Waals surface area contributed by atoms with E-state index in [0.717, 1.165) is 0 Å². The summed E-state index contributed by atoms with van der Waals surface area (Å²) in [5, 5.41) is 11.7. The number of ether oxygens (including phenoxy) is 1. The summed E-state index contributed by atoms with van der Waals surface area (Å²) < 4.78 is 5.58. The van der Waals surface area contributed by atoms with Gasteiger partial charge in [-0.1, -0.05) is 0 Å². The number of aliphatic carboxylic acids is 1. The van der Waals surface area contributed by atoms with Crippen molar-refractivity contribution in [2.75, 3.05) is 6.61 Å². The maximum Gasteiger partial charge on any atom is 0.326 e. The van der Waals surface area contributed by atoms with Crippen molar-refractivity contribution in [2.45, 2.75) is 44.8 Å². The Morgan fingerprint density at radius 1 is 1.56 bits per heavy atom. The van der Waals surface area contributed by atoms with E-state index in [4.69, 9.17) is 9.84 Å². The number of rotatable bonds is 1. The molecule has 0 bridgehead atoms. The third kappa shape index (κ3) is 1.80. The van der Waals surface area contributed by atoms with Crippen LogP contribution in [-0.4, -0.2) is 35.2 Å². The molecule has 2 atom stereocenters. The van der Waals surface area contributed by atoms with Crippen LogP contribution in [0.5, 0.6) is 0 Å². The quantitative estimate of drug-likeness (QED) is 0.685. The number of carbonyl (C=O) groups excluding carboxylic acids is 1. The van der Waals surface area contributed by atoms with Crippen LogP contribution in [0.1, 0.15) is 33.1 Å². The molecule has 0 aromatic heterocycles. The van der Waals surface area contributed by atoms with Crippen LogP contribution in [0.25, 0.3) is 0 Å². The monoisotopic (exact) mass is 227 g/mol. The van der Waals surface area contributed by atoms with Gasteiger partial charge >= 0.3 is 5.97 Å². The summed E-state index contributed by atoms with van der Waals surface area (Å²) in [4.78, 5) is 22.6. The zero-order valence-electron chi connectivity index (χ0n) is 9.58. The van der Waals surface area contributed by atoms with Gasteiger partial charge in [-0.05, 0) is 26.7 Å². The van der Waals surface area contributed by atoms with E-state index in [0.29, 0.717) is 25.9 Å². The lowest BCUT2D eigenvalue weighted by Crippen LogP contribution is -2.50. The van der Waals surface area contributed by atoms with E-state index in [1.54, 1.807) is 0 Å². The van der Waals surface area contributed by atoms with Gasteiger partial charge < -0.3 is 15.2 Å². The molecule has 1 amide bonds. The van der Waals surface area contributed by atoms with Gasteiger partial charge in [0, 0.05) is 18.4 Å². The molecule has 2 saturated heterocycles. The van der Waals surface area contributed by atoms with Gasteiger partial charge in [0.25, 0.3) is 0 Å². The Morgan fingerprint density at radius 3 is 2.81 bits per heavy atom. The van der Waals surface area contributed by atoms with Crippen LogP contribution in [0.4, 0.5) is 0 Å². The first kappa shape index (κ1) is 11.4. The maximum atomic E-state index is 11.4. The van der Waals surface area contributed by atoms with Crippen molar-refractivity contribution in [2.24, 2.45) is 5.41 Å². The lowest BCUT2D eigenvalue weighted by molar-refractivity contribution is -0.149. The molecule has 2 aliphatic heterocycles. The lowest BCUT2D eigenvalue weighted by Gasteiger charge is -2.43. The van der Waals surface area contributed by atoms with Crippen LogP contribution in [0.2, 0.25) is 0 Å². The highest BCUT2D eigenvalue weighted by Gasteiger charge is 2.54. The van der Waals surface area contributed by atoms with E-state index >= 15 is 0 Å². The fraction of sp³-hybridized carbons (Fsp3) is 0.818. The minimum atomic E-state index is -0.941. The molecule has 2 aliphatic rings. The predicted octanol–water partition coefficient (Wildman–Crippen LogP) is 0.535. The van der Waals surface area contributed by atoms with Gasteiger partial charge in [0.1, 0.15) is 6.04 Å². The van der Waals surface area contributed by atoms with Gasteiger partial charge in [-0.2, -0.15) is 0 Å². The minimum Gasteiger partial charge on any atom is -0.480 e. The molecule has 0 saturated carbocycles. The van der Waals surface area contributed by atoms with Gasteiger partial charge in [-0.3, -0.25) is 4.79 Å². The Bertz CT molecular complexity index is 339. The molecule has 90 valence electrons. The first-order valence-corrected chi connectivity index (χ1v) is 5.51. The summed E-state index contributed by atoms with van der Waals surface area (Å²) >= 11 is 0. The van der Waals surface area contributed by atoms with Crippen molar-refractivity contribution >= 4 is 11.9 Å². The summed E-state index contributed by atoms with van der Waals surface area (Å²) in [5.74, 6) is -1.10. The molecule has 2 N–H and O–H groups in total. The van der Waals surface area contributed by atoms with Crippen LogP contribution >= 0.6 is 0 Å². The Hall–Kier alpha value is -1.10.